The fourth-order valence-corrected chi connectivity index (χ4v) is 3.64. The van der Waals surface area contributed by atoms with Crippen molar-refractivity contribution in [2.45, 2.75) is 76.3 Å². The Balaban J connectivity index is 2.06. The van der Waals surface area contributed by atoms with Gasteiger partial charge in [-0.05, 0) is 44.4 Å². The lowest BCUT2D eigenvalue weighted by atomic mass is 9.76. The lowest BCUT2D eigenvalue weighted by molar-refractivity contribution is -0.150. The van der Waals surface area contributed by atoms with E-state index in [1.165, 1.54) is 0 Å². The first kappa shape index (κ1) is 16.3. The van der Waals surface area contributed by atoms with Gasteiger partial charge in [-0.2, -0.15) is 0 Å². The van der Waals surface area contributed by atoms with E-state index >= 15 is 0 Å². The van der Waals surface area contributed by atoms with Crippen LogP contribution < -0.4 is 11.1 Å². The summed E-state index contributed by atoms with van der Waals surface area (Å²) in [6.07, 6.45) is 7.56. The minimum atomic E-state index is -1.07. The highest BCUT2D eigenvalue weighted by Gasteiger charge is 2.44. The standard InChI is InChI=1S/C16H28N2O3/c1-11-7-9-16(10-8-11,15(20)21)18-14(19)12-5-3-2-4-6-13(12)17/h11-13H,2-10,17H2,1H3,(H,18,19)(H,20,21). The maximum absolute atomic E-state index is 12.6. The van der Waals surface area contributed by atoms with Crippen molar-refractivity contribution in [3.05, 3.63) is 0 Å². The zero-order chi connectivity index (χ0) is 15.5. The third kappa shape index (κ3) is 3.76. The van der Waals surface area contributed by atoms with Crippen LogP contribution in [-0.2, 0) is 9.59 Å². The first-order valence-corrected chi connectivity index (χ1v) is 8.25. The van der Waals surface area contributed by atoms with Crippen molar-refractivity contribution in [3.63, 3.8) is 0 Å². The zero-order valence-electron chi connectivity index (χ0n) is 12.9. The minimum Gasteiger partial charge on any atom is -0.480 e. The molecule has 21 heavy (non-hydrogen) atoms. The molecule has 0 bridgehead atoms. The van der Waals surface area contributed by atoms with Crippen molar-refractivity contribution >= 4 is 11.9 Å². The Kier molecular flexibility index (Phi) is 5.25. The normalized spacial score (nSPS) is 37.5. The van der Waals surface area contributed by atoms with Crippen LogP contribution in [0, 0.1) is 11.8 Å². The van der Waals surface area contributed by atoms with Crippen LogP contribution in [0.4, 0.5) is 0 Å². The molecule has 120 valence electrons. The molecular formula is C16H28N2O3. The molecule has 5 nitrogen and oxygen atoms in total. The van der Waals surface area contributed by atoms with Crippen molar-refractivity contribution in [2.75, 3.05) is 0 Å². The number of hydrogen-bond acceptors (Lipinski definition) is 3. The smallest absolute Gasteiger partial charge is 0.329 e. The maximum Gasteiger partial charge on any atom is 0.329 e. The molecule has 0 aromatic carbocycles. The third-order valence-electron chi connectivity index (χ3n) is 5.31. The number of rotatable bonds is 3. The van der Waals surface area contributed by atoms with Crippen LogP contribution >= 0.6 is 0 Å². The second-order valence-corrected chi connectivity index (χ2v) is 6.97. The molecule has 0 aliphatic heterocycles. The number of nitrogens with two attached hydrogens (primary N) is 1. The lowest BCUT2D eigenvalue weighted by Gasteiger charge is -2.37. The summed E-state index contributed by atoms with van der Waals surface area (Å²) >= 11 is 0. The summed E-state index contributed by atoms with van der Waals surface area (Å²) in [6.45, 7) is 2.13. The van der Waals surface area contributed by atoms with Gasteiger partial charge in [0.05, 0.1) is 5.92 Å². The van der Waals surface area contributed by atoms with Gasteiger partial charge in [0.2, 0.25) is 5.91 Å². The van der Waals surface area contributed by atoms with Gasteiger partial charge in [-0.25, -0.2) is 4.79 Å². The van der Waals surface area contributed by atoms with Gasteiger partial charge in [0, 0.05) is 6.04 Å². The molecule has 5 heteroatoms. The lowest BCUT2D eigenvalue weighted by Crippen LogP contribution is -2.58. The monoisotopic (exact) mass is 296 g/mol. The average molecular weight is 296 g/mol. The van der Waals surface area contributed by atoms with E-state index in [0.717, 1.165) is 44.9 Å². The van der Waals surface area contributed by atoms with E-state index in [0.29, 0.717) is 18.8 Å². The maximum atomic E-state index is 12.6. The molecule has 2 aliphatic carbocycles. The molecule has 0 saturated heterocycles. The molecule has 0 heterocycles. The predicted octanol–water partition coefficient (Wildman–Crippen LogP) is 2.04. The summed E-state index contributed by atoms with van der Waals surface area (Å²) in [6, 6.07) is -0.138. The van der Waals surface area contributed by atoms with Crippen molar-refractivity contribution in [1.82, 2.24) is 5.32 Å². The van der Waals surface area contributed by atoms with Crippen molar-refractivity contribution in [1.29, 1.82) is 0 Å². The molecule has 2 aliphatic rings. The topological polar surface area (TPSA) is 92.4 Å². The highest BCUT2D eigenvalue weighted by Crippen LogP contribution is 2.33. The highest BCUT2D eigenvalue weighted by atomic mass is 16.4. The number of amides is 1. The van der Waals surface area contributed by atoms with Gasteiger partial charge in [0.25, 0.3) is 0 Å². The first-order chi connectivity index (χ1) is 9.94. The van der Waals surface area contributed by atoms with Gasteiger partial charge in [-0.1, -0.05) is 26.2 Å². The molecule has 2 rings (SSSR count). The first-order valence-electron chi connectivity index (χ1n) is 8.25. The van der Waals surface area contributed by atoms with Crippen LogP contribution in [0.25, 0.3) is 0 Å². The van der Waals surface area contributed by atoms with Crippen molar-refractivity contribution < 1.29 is 14.7 Å². The zero-order valence-corrected chi connectivity index (χ0v) is 12.9. The molecular weight excluding hydrogens is 268 g/mol. The van der Waals surface area contributed by atoms with E-state index in [-0.39, 0.29) is 17.9 Å². The molecule has 2 fully saturated rings. The quantitative estimate of drug-likeness (QED) is 0.695. The summed E-state index contributed by atoms with van der Waals surface area (Å²) in [5, 5.41) is 12.5. The van der Waals surface area contributed by atoms with Crippen LogP contribution in [0.15, 0.2) is 0 Å². The van der Waals surface area contributed by atoms with Gasteiger partial charge < -0.3 is 16.2 Å². The Labute approximate surface area is 126 Å². The molecule has 0 aromatic rings. The minimum absolute atomic E-state index is 0.138. The van der Waals surface area contributed by atoms with Crippen LogP contribution in [0.5, 0.6) is 0 Å². The van der Waals surface area contributed by atoms with Gasteiger partial charge in [0.15, 0.2) is 0 Å². The number of carbonyl (C=O) groups excluding carboxylic acids is 1. The number of carbonyl (C=O) groups is 2. The number of hydrogen-bond donors (Lipinski definition) is 3. The van der Waals surface area contributed by atoms with Gasteiger partial charge >= 0.3 is 5.97 Å². The van der Waals surface area contributed by atoms with E-state index in [2.05, 4.69) is 12.2 Å². The van der Waals surface area contributed by atoms with Crippen LogP contribution in [-0.4, -0.2) is 28.6 Å². The number of nitrogens with one attached hydrogen (secondary N) is 1. The predicted molar refractivity (Wildman–Crippen MR) is 80.7 cm³/mol. The molecule has 0 radical (unpaired) electrons. The third-order valence-corrected chi connectivity index (χ3v) is 5.31. The van der Waals surface area contributed by atoms with Gasteiger partial charge in [-0.3, -0.25) is 4.79 Å². The summed E-state index contributed by atoms with van der Waals surface area (Å²) in [7, 11) is 0. The SMILES string of the molecule is CC1CCC(NC(=O)C2CCCCCC2N)(C(=O)O)CC1. The van der Waals surface area contributed by atoms with Crippen LogP contribution in [0.3, 0.4) is 0 Å². The fourth-order valence-electron chi connectivity index (χ4n) is 3.64. The van der Waals surface area contributed by atoms with E-state index in [9.17, 15) is 14.7 Å². The summed E-state index contributed by atoms with van der Waals surface area (Å²) in [5.74, 6) is -0.746. The van der Waals surface area contributed by atoms with E-state index in [1.807, 2.05) is 0 Å². The fraction of sp³-hybridized carbons (Fsp3) is 0.875. The van der Waals surface area contributed by atoms with Crippen molar-refractivity contribution in [3.8, 4) is 0 Å². The Bertz CT molecular complexity index is 389. The van der Waals surface area contributed by atoms with Crippen molar-refractivity contribution in [2.24, 2.45) is 17.6 Å². The second kappa shape index (κ2) is 6.77. The van der Waals surface area contributed by atoms with E-state index in [4.69, 9.17) is 5.73 Å². The van der Waals surface area contributed by atoms with Gasteiger partial charge in [0.1, 0.15) is 5.54 Å². The molecule has 0 aromatic heterocycles. The van der Waals surface area contributed by atoms with Gasteiger partial charge in [-0.15, -0.1) is 0 Å². The molecule has 2 unspecified atom stereocenters. The molecule has 4 N–H and O–H groups in total. The molecule has 2 saturated carbocycles. The second-order valence-electron chi connectivity index (χ2n) is 6.97. The van der Waals surface area contributed by atoms with Crippen LogP contribution in [0.1, 0.15) is 64.7 Å². The molecule has 1 amide bonds. The van der Waals surface area contributed by atoms with E-state index < -0.39 is 11.5 Å². The summed E-state index contributed by atoms with van der Waals surface area (Å²) in [4.78, 5) is 24.3. The van der Waals surface area contributed by atoms with Crippen LogP contribution in [0.2, 0.25) is 0 Å². The van der Waals surface area contributed by atoms with E-state index in [1.54, 1.807) is 0 Å². The molecule has 2 atom stereocenters. The largest absolute Gasteiger partial charge is 0.480 e. The number of carboxylic acid groups (broad SMARTS) is 1. The Morgan fingerprint density at radius 3 is 2.33 bits per heavy atom. The number of aliphatic carboxylic acids is 1. The Hall–Kier alpha value is -1.10. The average Bonchev–Trinajstić information content (AvgIpc) is 2.66. The number of carboxylic acids is 1. The summed E-state index contributed by atoms with van der Waals surface area (Å²) in [5.41, 5.74) is 5.04. The Morgan fingerprint density at radius 1 is 1.10 bits per heavy atom. The summed E-state index contributed by atoms with van der Waals surface area (Å²) < 4.78 is 0. The Morgan fingerprint density at radius 2 is 1.71 bits per heavy atom. The molecule has 0 spiro atoms. The highest BCUT2D eigenvalue weighted by molar-refractivity contribution is 5.88.